The molecule has 25 heavy (non-hydrogen) atoms. The number of rotatable bonds is 3. The first-order valence-corrected chi connectivity index (χ1v) is 8.88. The fourth-order valence-electron chi connectivity index (χ4n) is 3.01. The summed E-state index contributed by atoms with van der Waals surface area (Å²) in [6.45, 7) is 2.63. The van der Waals surface area contributed by atoms with Crippen molar-refractivity contribution in [3.8, 4) is 5.75 Å². The first kappa shape index (κ1) is 17.5. The van der Waals surface area contributed by atoms with Crippen molar-refractivity contribution in [3.63, 3.8) is 0 Å². The van der Waals surface area contributed by atoms with E-state index in [4.69, 9.17) is 4.74 Å². The molecule has 3 rings (SSSR count). The highest BCUT2D eigenvalue weighted by molar-refractivity contribution is 7.18. The number of aromatic nitrogens is 1. The maximum atomic E-state index is 12.0. The fraction of sp³-hybridized carbons (Fsp3) is 0.471. The number of hydrogen-bond acceptors (Lipinski definition) is 5. The fourth-order valence-corrected chi connectivity index (χ4v) is 3.82. The summed E-state index contributed by atoms with van der Waals surface area (Å²) in [6, 6.07) is 5.34. The number of hydrogen-bond donors (Lipinski definition) is 1. The number of ether oxygens (including phenoxy) is 1. The first-order chi connectivity index (χ1) is 11.8. The number of carboxylic acid groups (broad SMARTS) is 1. The molecule has 0 unspecified atom stereocenters. The van der Waals surface area contributed by atoms with Crippen molar-refractivity contribution < 1.29 is 19.4 Å². The lowest BCUT2D eigenvalue weighted by Crippen LogP contribution is -2.55. The molecule has 0 spiro atoms. The molecule has 134 valence electrons. The van der Waals surface area contributed by atoms with Crippen LogP contribution in [0.4, 0.5) is 4.79 Å². The molecule has 1 aromatic carbocycles. The van der Waals surface area contributed by atoms with E-state index in [2.05, 4.69) is 4.98 Å². The minimum Gasteiger partial charge on any atom is -0.478 e. The molecule has 1 fully saturated rings. The molecule has 1 aliphatic rings. The van der Waals surface area contributed by atoms with Gasteiger partial charge in [-0.3, -0.25) is 0 Å². The summed E-state index contributed by atoms with van der Waals surface area (Å²) < 4.78 is 6.97. The van der Waals surface area contributed by atoms with E-state index in [1.54, 1.807) is 42.5 Å². The normalized spacial score (nSPS) is 16.7. The lowest BCUT2D eigenvalue weighted by Gasteiger charge is -2.39. The van der Waals surface area contributed by atoms with E-state index in [0.717, 1.165) is 15.2 Å². The van der Waals surface area contributed by atoms with Crippen molar-refractivity contribution in [2.75, 3.05) is 27.2 Å². The number of carboxylic acids is 1. The van der Waals surface area contributed by atoms with E-state index in [0.29, 0.717) is 18.8 Å². The Labute approximate surface area is 149 Å². The Morgan fingerprint density at radius 3 is 2.60 bits per heavy atom. The highest BCUT2D eigenvalue weighted by Gasteiger charge is 2.45. The zero-order valence-electron chi connectivity index (χ0n) is 14.5. The number of aliphatic carboxylic acids is 1. The van der Waals surface area contributed by atoms with Crippen molar-refractivity contribution in [1.82, 2.24) is 14.8 Å². The van der Waals surface area contributed by atoms with Gasteiger partial charge < -0.3 is 19.6 Å². The van der Waals surface area contributed by atoms with Gasteiger partial charge in [-0.1, -0.05) is 0 Å². The van der Waals surface area contributed by atoms with Crippen molar-refractivity contribution in [2.24, 2.45) is 0 Å². The van der Waals surface area contributed by atoms with Crippen LogP contribution < -0.4 is 4.74 Å². The average molecular weight is 363 g/mol. The standard InChI is InChI=1S/C17H21N3O4S/c1-11-18-13-10-12(4-5-14(13)25-11)24-17(15(21)22)6-8-20(9-7-17)16(23)19(2)3/h4-5,10H,6-9H2,1-3H3,(H,21,22). The Kier molecular flexibility index (Phi) is 4.55. The van der Waals surface area contributed by atoms with Crippen molar-refractivity contribution in [3.05, 3.63) is 23.2 Å². The number of piperidine rings is 1. The van der Waals surface area contributed by atoms with Crippen LogP contribution >= 0.6 is 11.3 Å². The molecule has 2 heterocycles. The topological polar surface area (TPSA) is 83.0 Å². The van der Waals surface area contributed by atoms with Gasteiger partial charge in [-0.15, -0.1) is 11.3 Å². The zero-order chi connectivity index (χ0) is 18.2. The molecule has 2 aromatic rings. The Morgan fingerprint density at radius 2 is 2.00 bits per heavy atom. The van der Waals surface area contributed by atoms with E-state index in [1.165, 1.54) is 4.90 Å². The summed E-state index contributed by atoms with van der Waals surface area (Å²) >= 11 is 1.59. The minimum atomic E-state index is -1.32. The Balaban J connectivity index is 1.79. The number of carbonyl (C=O) groups is 2. The zero-order valence-corrected chi connectivity index (χ0v) is 15.3. The third-order valence-electron chi connectivity index (χ3n) is 4.39. The molecular weight excluding hydrogens is 342 g/mol. The van der Waals surface area contributed by atoms with Gasteiger partial charge in [0.25, 0.3) is 0 Å². The average Bonchev–Trinajstić information content (AvgIpc) is 2.94. The Morgan fingerprint density at radius 1 is 1.32 bits per heavy atom. The molecule has 1 aromatic heterocycles. The largest absolute Gasteiger partial charge is 0.478 e. The number of fused-ring (bicyclic) bond motifs is 1. The maximum absolute atomic E-state index is 12.0. The third kappa shape index (κ3) is 3.39. The summed E-state index contributed by atoms with van der Waals surface area (Å²) in [4.78, 5) is 31.5. The summed E-state index contributed by atoms with van der Waals surface area (Å²) in [5, 5.41) is 10.7. The smallest absolute Gasteiger partial charge is 0.348 e. The molecule has 0 atom stereocenters. The van der Waals surface area contributed by atoms with Crippen molar-refractivity contribution >= 4 is 33.6 Å². The molecule has 0 saturated carbocycles. The van der Waals surface area contributed by atoms with Gasteiger partial charge in [-0.05, 0) is 19.1 Å². The summed E-state index contributed by atoms with van der Waals surface area (Å²) in [5.41, 5.74) is -0.511. The lowest BCUT2D eigenvalue weighted by molar-refractivity contribution is -0.159. The van der Waals surface area contributed by atoms with Gasteiger partial charge in [0.05, 0.1) is 15.2 Å². The third-order valence-corrected chi connectivity index (χ3v) is 5.34. The van der Waals surface area contributed by atoms with Gasteiger partial charge >= 0.3 is 12.0 Å². The number of likely N-dealkylation sites (tertiary alicyclic amines) is 1. The van der Waals surface area contributed by atoms with E-state index in [-0.39, 0.29) is 18.9 Å². The van der Waals surface area contributed by atoms with Crippen molar-refractivity contribution in [2.45, 2.75) is 25.4 Å². The predicted octanol–water partition coefficient (Wildman–Crippen LogP) is 2.58. The Bertz CT molecular complexity index is 809. The van der Waals surface area contributed by atoms with Gasteiger partial charge in [0.1, 0.15) is 5.75 Å². The van der Waals surface area contributed by atoms with Crippen LogP contribution in [0.3, 0.4) is 0 Å². The summed E-state index contributed by atoms with van der Waals surface area (Å²) in [6.07, 6.45) is 0.492. The van der Waals surface area contributed by atoms with Gasteiger partial charge in [0, 0.05) is 46.1 Å². The monoisotopic (exact) mass is 363 g/mol. The first-order valence-electron chi connectivity index (χ1n) is 8.06. The van der Waals surface area contributed by atoms with Crippen LogP contribution in [0.25, 0.3) is 10.2 Å². The molecule has 1 aliphatic heterocycles. The van der Waals surface area contributed by atoms with Gasteiger partial charge in [-0.25, -0.2) is 14.6 Å². The number of thiazole rings is 1. The minimum absolute atomic E-state index is 0.113. The van der Waals surface area contributed by atoms with Crippen LogP contribution in [0.2, 0.25) is 0 Å². The number of aryl methyl sites for hydroxylation is 1. The van der Waals surface area contributed by atoms with Crippen LogP contribution in [0.5, 0.6) is 5.75 Å². The number of benzene rings is 1. The quantitative estimate of drug-likeness (QED) is 0.906. The SMILES string of the molecule is Cc1nc2cc(OC3(C(=O)O)CCN(C(=O)N(C)C)CC3)ccc2s1. The molecule has 1 N–H and O–H groups in total. The second-order valence-electron chi connectivity index (χ2n) is 6.43. The molecule has 2 amide bonds. The second-order valence-corrected chi connectivity index (χ2v) is 7.66. The van der Waals surface area contributed by atoms with E-state index in [9.17, 15) is 14.7 Å². The van der Waals surface area contributed by atoms with E-state index < -0.39 is 11.6 Å². The lowest BCUT2D eigenvalue weighted by atomic mass is 9.91. The second kappa shape index (κ2) is 6.51. The van der Waals surface area contributed by atoms with Gasteiger partial charge in [0.15, 0.2) is 0 Å². The molecule has 7 nitrogen and oxygen atoms in total. The number of nitrogens with zero attached hydrogens (tertiary/aromatic N) is 3. The van der Waals surface area contributed by atoms with Gasteiger partial charge in [0.2, 0.25) is 5.60 Å². The molecule has 0 aliphatic carbocycles. The highest BCUT2D eigenvalue weighted by atomic mass is 32.1. The van der Waals surface area contributed by atoms with Crippen LogP contribution in [0.1, 0.15) is 17.8 Å². The highest BCUT2D eigenvalue weighted by Crippen LogP contribution is 2.32. The van der Waals surface area contributed by atoms with Crippen LogP contribution in [-0.2, 0) is 4.79 Å². The van der Waals surface area contributed by atoms with Gasteiger partial charge in [-0.2, -0.15) is 0 Å². The van der Waals surface area contributed by atoms with Crippen LogP contribution in [0, 0.1) is 6.92 Å². The molecular formula is C17H21N3O4S. The Hall–Kier alpha value is -2.35. The summed E-state index contributed by atoms with van der Waals surface area (Å²) in [7, 11) is 3.37. The van der Waals surface area contributed by atoms with Crippen LogP contribution in [-0.4, -0.2) is 64.7 Å². The van der Waals surface area contributed by atoms with Crippen molar-refractivity contribution in [1.29, 1.82) is 0 Å². The summed E-state index contributed by atoms with van der Waals surface area (Å²) in [5.74, 6) is -0.508. The maximum Gasteiger partial charge on any atom is 0.348 e. The molecule has 0 radical (unpaired) electrons. The molecule has 8 heteroatoms. The molecule has 0 bridgehead atoms. The van der Waals surface area contributed by atoms with E-state index in [1.807, 2.05) is 13.0 Å². The predicted molar refractivity (Wildman–Crippen MR) is 95.2 cm³/mol. The molecule has 1 saturated heterocycles. The van der Waals surface area contributed by atoms with E-state index >= 15 is 0 Å². The number of urea groups is 1. The number of amides is 2. The number of carbonyl (C=O) groups excluding carboxylic acids is 1. The van der Waals surface area contributed by atoms with Crippen LogP contribution in [0.15, 0.2) is 18.2 Å².